The van der Waals surface area contributed by atoms with Gasteiger partial charge in [-0.25, -0.2) is 4.39 Å². The maximum atomic E-state index is 14.3. The van der Waals surface area contributed by atoms with Crippen LogP contribution in [0.2, 0.25) is 0 Å². The van der Waals surface area contributed by atoms with Crippen molar-refractivity contribution in [1.29, 1.82) is 0 Å². The molecule has 2 aromatic heterocycles. The van der Waals surface area contributed by atoms with Crippen LogP contribution in [0.5, 0.6) is 0 Å². The highest BCUT2D eigenvalue weighted by Crippen LogP contribution is 2.31. The predicted octanol–water partition coefficient (Wildman–Crippen LogP) is 5.20. The number of halogens is 1. The van der Waals surface area contributed by atoms with Gasteiger partial charge < -0.3 is 15.0 Å². The molecule has 0 unspecified atom stereocenters. The molecule has 0 saturated heterocycles. The first-order valence-electron chi connectivity index (χ1n) is 12.3. The Morgan fingerprint density at radius 2 is 1.73 bits per heavy atom. The van der Waals surface area contributed by atoms with Crippen LogP contribution in [-0.2, 0) is 9.59 Å². The Balaban J connectivity index is 2.02. The summed E-state index contributed by atoms with van der Waals surface area (Å²) in [5.41, 5.74) is 5.31. The molecule has 1 amide bonds. The third kappa shape index (κ3) is 6.50. The van der Waals surface area contributed by atoms with E-state index in [0.29, 0.717) is 5.56 Å². The number of aromatic nitrogens is 2. The van der Waals surface area contributed by atoms with Crippen molar-refractivity contribution in [3.63, 3.8) is 0 Å². The summed E-state index contributed by atoms with van der Waals surface area (Å²) in [6.07, 6.45) is 4.19. The number of carbonyl (C=O) groups excluding carboxylic acids is 1. The number of benzene rings is 1. The molecule has 1 aromatic carbocycles. The van der Waals surface area contributed by atoms with Crippen LogP contribution in [-0.4, -0.2) is 26.5 Å². The van der Waals surface area contributed by atoms with Gasteiger partial charge in [0.1, 0.15) is 11.9 Å². The van der Waals surface area contributed by atoms with Crippen molar-refractivity contribution in [2.24, 2.45) is 5.92 Å². The summed E-state index contributed by atoms with van der Waals surface area (Å²) in [6, 6.07) is 5.16. The minimum atomic E-state index is -1.10. The molecule has 0 bridgehead atoms. The first-order chi connectivity index (χ1) is 17.4. The van der Waals surface area contributed by atoms with E-state index in [2.05, 4.69) is 10.3 Å². The van der Waals surface area contributed by atoms with Crippen LogP contribution < -0.4 is 10.9 Å². The maximum absolute atomic E-state index is 14.3. The van der Waals surface area contributed by atoms with E-state index in [-0.39, 0.29) is 24.3 Å². The molecule has 0 aliphatic rings. The van der Waals surface area contributed by atoms with Gasteiger partial charge in [-0.2, -0.15) is 0 Å². The minimum absolute atomic E-state index is 0.0159. The molecule has 0 radical (unpaired) electrons. The Kier molecular flexibility index (Phi) is 8.63. The van der Waals surface area contributed by atoms with Crippen molar-refractivity contribution in [3.05, 3.63) is 86.8 Å². The van der Waals surface area contributed by atoms with E-state index >= 15 is 0 Å². The predicted molar refractivity (Wildman–Crippen MR) is 141 cm³/mol. The van der Waals surface area contributed by atoms with E-state index in [4.69, 9.17) is 0 Å². The summed E-state index contributed by atoms with van der Waals surface area (Å²) >= 11 is 0. The zero-order valence-electron chi connectivity index (χ0n) is 22.1. The zero-order chi connectivity index (χ0) is 27.4. The highest BCUT2D eigenvalue weighted by molar-refractivity contribution is 5.82. The number of aryl methyl sites for hydroxylation is 3. The molecule has 2 heterocycles. The number of nitrogens with one attached hydrogen (secondary N) is 1. The van der Waals surface area contributed by atoms with Gasteiger partial charge in [0.05, 0.1) is 12.5 Å². The Morgan fingerprint density at radius 1 is 1.05 bits per heavy atom. The summed E-state index contributed by atoms with van der Waals surface area (Å²) in [5.74, 6) is -2.23. The molecule has 0 aliphatic carbocycles. The number of carboxylic acid groups (broad SMARTS) is 1. The average Bonchev–Trinajstić information content (AvgIpc) is 2.82. The number of carboxylic acids is 1. The van der Waals surface area contributed by atoms with Crippen LogP contribution in [0.4, 0.5) is 4.39 Å². The molecular weight excluding hydrogens is 473 g/mol. The van der Waals surface area contributed by atoms with Gasteiger partial charge in [0.25, 0.3) is 5.56 Å². The van der Waals surface area contributed by atoms with Gasteiger partial charge >= 0.3 is 5.97 Å². The second-order valence-electron chi connectivity index (χ2n) is 10.1. The third-order valence-corrected chi connectivity index (χ3v) is 6.65. The summed E-state index contributed by atoms with van der Waals surface area (Å²) in [7, 11) is 0. The van der Waals surface area contributed by atoms with Gasteiger partial charge in [-0.3, -0.25) is 19.4 Å². The van der Waals surface area contributed by atoms with Crippen LogP contribution >= 0.6 is 0 Å². The average molecular weight is 508 g/mol. The molecule has 0 saturated carbocycles. The van der Waals surface area contributed by atoms with E-state index in [9.17, 15) is 23.9 Å². The zero-order valence-corrected chi connectivity index (χ0v) is 22.1. The molecule has 37 heavy (non-hydrogen) atoms. The lowest BCUT2D eigenvalue weighted by atomic mass is 9.92. The monoisotopic (exact) mass is 507 g/mol. The second kappa shape index (κ2) is 11.5. The normalized spacial score (nSPS) is 12.9. The van der Waals surface area contributed by atoms with Gasteiger partial charge in [-0.15, -0.1) is 0 Å². The molecule has 3 rings (SSSR count). The second-order valence-corrected chi connectivity index (χ2v) is 10.1. The summed E-state index contributed by atoms with van der Waals surface area (Å²) in [6.45, 7) is 11.3. The minimum Gasteiger partial charge on any atom is -0.481 e. The Bertz CT molecular complexity index is 1380. The highest BCUT2D eigenvalue weighted by atomic mass is 19.1. The number of hydrogen-bond donors (Lipinski definition) is 2. The van der Waals surface area contributed by atoms with Gasteiger partial charge in [0.2, 0.25) is 5.91 Å². The SMILES string of the molecule is Cc1cc(=O)n([C@H](CC(C)C)C(=O)N[C@@H](CC(=O)O)c2cncc(-c3c(C)ccc(C)c3C)c2)cc1F. The van der Waals surface area contributed by atoms with Crippen LogP contribution in [0.15, 0.2) is 47.7 Å². The molecule has 2 N–H and O–H groups in total. The molecule has 8 heteroatoms. The first kappa shape index (κ1) is 27.8. The van der Waals surface area contributed by atoms with Gasteiger partial charge in [0.15, 0.2) is 0 Å². The van der Waals surface area contributed by atoms with Crippen molar-refractivity contribution in [2.75, 3.05) is 0 Å². The number of carbonyl (C=O) groups is 2. The smallest absolute Gasteiger partial charge is 0.305 e. The molecule has 3 aromatic rings. The fraction of sp³-hybridized carbons (Fsp3) is 0.379. The van der Waals surface area contributed by atoms with Crippen LogP contribution in [0.3, 0.4) is 0 Å². The van der Waals surface area contributed by atoms with Crippen molar-refractivity contribution < 1.29 is 19.1 Å². The van der Waals surface area contributed by atoms with Crippen molar-refractivity contribution in [2.45, 2.75) is 66.5 Å². The lowest BCUT2D eigenvalue weighted by Gasteiger charge is -2.25. The standard InChI is InChI=1S/C29H34FN3O4/c1-16(2)9-25(33-15-23(30)19(5)10-26(33)34)29(37)32-24(12-27(35)36)21-11-22(14-31-13-21)28-18(4)8-7-17(3)20(28)6/h7-8,10-11,13-16,24-25H,9,12H2,1-6H3,(H,32,37)(H,35,36)/t24-,25+/m0/s1. The molecular formula is C29H34FN3O4. The fourth-order valence-electron chi connectivity index (χ4n) is 4.53. The Hall–Kier alpha value is -3.81. The molecule has 196 valence electrons. The number of amides is 1. The summed E-state index contributed by atoms with van der Waals surface area (Å²) in [5, 5.41) is 12.4. The molecule has 0 aliphatic heterocycles. The largest absolute Gasteiger partial charge is 0.481 e. The summed E-state index contributed by atoms with van der Waals surface area (Å²) in [4.78, 5) is 42.2. The lowest BCUT2D eigenvalue weighted by Crippen LogP contribution is -2.40. The first-order valence-corrected chi connectivity index (χ1v) is 12.3. The van der Waals surface area contributed by atoms with E-state index in [1.807, 2.05) is 52.8 Å². The van der Waals surface area contributed by atoms with Gasteiger partial charge in [-0.1, -0.05) is 26.0 Å². The van der Waals surface area contributed by atoms with E-state index in [0.717, 1.165) is 44.6 Å². The highest BCUT2D eigenvalue weighted by Gasteiger charge is 2.28. The number of rotatable bonds is 9. The molecule has 2 atom stereocenters. The molecule has 0 fully saturated rings. The topological polar surface area (TPSA) is 101 Å². The van der Waals surface area contributed by atoms with Crippen LogP contribution in [0, 0.1) is 39.4 Å². The Morgan fingerprint density at radius 3 is 2.38 bits per heavy atom. The van der Waals surface area contributed by atoms with Crippen molar-refractivity contribution >= 4 is 11.9 Å². The quantitative estimate of drug-likeness (QED) is 0.414. The third-order valence-electron chi connectivity index (χ3n) is 6.65. The number of aliphatic carboxylic acids is 1. The Labute approximate surface area is 216 Å². The van der Waals surface area contributed by atoms with E-state index in [1.54, 1.807) is 6.20 Å². The fourth-order valence-corrected chi connectivity index (χ4v) is 4.53. The number of pyridine rings is 2. The van der Waals surface area contributed by atoms with Crippen LogP contribution in [0.25, 0.3) is 11.1 Å². The molecule has 7 nitrogen and oxygen atoms in total. The van der Waals surface area contributed by atoms with Gasteiger partial charge in [0, 0.05) is 30.2 Å². The number of hydrogen-bond acceptors (Lipinski definition) is 4. The molecule has 0 spiro atoms. The summed E-state index contributed by atoms with van der Waals surface area (Å²) < 4.78 is 15.4. The van der Waals surface area contributed by atoms with Gasteiger partial charge in [-0.05, 0) is 79.5 Å². The van der Waals surface area contributed by atoms with E-state index in [1.165, 1.54) is 13.1 Å². The van der Waals surface area contributed by atoms with E-state index < -0.39 is 35.3 Å². The maximum Gasteiger partial charge on any atom is 0.305 e. The van der Waals surface area contributed by atoms with Crippen molar-refractivity contribution in [3.8, 4) is 11.1 Å². The van der Waals surface area contributed by atoms with Crippen molar-refractivity contribution in [1.82, 2.24) is 14.9 Å². The number of nitrogens with zero attached hydrogens (tertiary/aromatic N) is 2. The van der Waals surface area contributed by atoms with Crippen LogP contribution in [0.1, 0.15) is 66.6 Å². The lowest BCUT2D eigenvalue weighted by molar-refractivity contribution is -0.138.